The zero-order valence-corrected chi connectivity index (χ0v) is 19.1. The van der Waals surface area contributed by atoms with Gasteiger partial charge in [0.25, 0.3) is 5.91 Å². The fourth-order valence-electron chi connectivity index (χ4n) is 3.58. The Morgan fingerprint density at radius 1 is 1.22 bits per heavy atom. The van der Waals surface area contributed by atoms with Crippen LogP contribution in [0.4, 0.5) is 0 Å². The predicted octanol–water partition coefficient (Wildman–Crippen LogP) is 2.85. The number of amides is 2. The average Bonchev–Trinajstić information content (AvgIpc) is 3.52. The third-order valence-corrected chi connectivity index (χ3v) is 5.63. The molecule has 0 spiro atoms. The van der Waals surface area contributed by atoms with E-state index in [1.54, 1.807) is 55.3 Å². The molecule has 0 saturated carbocycles. The number of aromatic nitrogens is 1. The second-order valence-corrected chi connectivity index (χ2v) is 7.69. The molecule has 1 aromatic heterocycles. The normalized spacial score (nSPS) is 15.4. The Hall–Kier alpha value is -3.07. The van der Waals surface area contributed by atoms with Crippen molar-refractivity contribution in [1.29, 1.82) is 0 Å². The first-order chi connectivity index (χ1) is 15.5. The summed E-state index contributed by atoms with van der Waals surface area (Å²) in [6, 6.07) is 6.88. The molecule has 174 valence electrons. The smallest absolute Gasteiger partial charge is 0.276 e. The summed E-state index contributed by atoms with van der Waals surface area (Å²) < 4.78 is 21.9. The van der Waals surface area contributed by atoms with Crippen LogP contribution in [0.2, 0.25) is 0 Å². The van der Waals surface area contributed by atoms with Crippen molar-refractivity contribution in [3.8, 4) is 22.8 Å². The molecule has 9 nitrogen and oxygen atoms in total. The van der Waals surface area contributed by atoms with Gasteiger partial charge >= 0.3 is 0 Å². The van der Waals surface area contributed by atoms with Gasteiger partial charge in [-0.05, 0) is 38.0 Å². The number of rotatable bonds is 10. The molecule has 0 aliphatic carbocycles. The SMILES string of the molecule is CCN(C)C(=O)CCN(CC1CCCO1)C(=O)c1cc(-c2cc(OC)ccc2OC)on1. The Balaban J connectivity index is 1.80. The van der Waals surface area contributed by atoms with E-state index in [2.05, 4.69) is 5.16 Å². The lowest BCUT2D eigenvalue weighted by atomic mass is 10.1. The summed E-state index contributed by atoms with van der Waals surface area (Å²) in [5.41, 5.74) is 0.794. The zero-order valence-electron chi connectivity index (χ0n) is 19.1. The van der Waals surface area contributed by atoms with Crippen LogP contribution >= 0.6 is 0 Å². The maximum atomic E-state index is 13.3. The number of nitrogens with zero attached hydrogens (tertiary/aromatic N) is 3. The Morgan fingerprint density at radius 3 is 2.69 bits per heavy atom. The van der Waals surface area contributed by atoms with E-state index in [1.807, 2.05) is 6.92 Å². The van der Waals surface area contributed by atoms with Gasteiger partial charge in [0, 0.05) is 45.8 Å². The van der Waals surface area contributed by atoms with Crippen LogP contribution in [0.1, 0.15) is 36.7 Å². The molecular formula is C23H31N3O6. The van der Waals surface area contributed by atoms with Crippen molar-refractivity contribution in [2.75, 3.05) is 47.5 Å². The average molecular weight is 446 g/mol. The van der Waals surface area contributed by atoms with Gasteiger partial charge < -0.3 is 28.5 Å². The molecule has 1 atom stereocenters. The van der Waals surface area contributed by atoms with Crippen LogP contribution in [0.25, 0.3) is 11.3 Å². The summed E-state index contributed by atoms with van der Waals surface area (Å²) >= 11 is 0. The number of ether oxygens (including phenoxy) is 3. The molecule has 1 fully saturated rings. The van der Waals surface area contributed by atoms with E-state index in [0.29, 0.717) is 42.5 Å². The van der Waals surface area contributed by atoms with Gasteiger partial charge in [0.05, 0.1) is 25.9 Å². The van der Waals surface area contributed by atoms with Gasteiger partial charge in [0.1, 0.15) is 11.5 Å². The van der Waals surface area contributed by atoms with Gasteiger partial charge in [-0.2, -0.15) is 0 Å². The third kappa shape index (κ3) is 5.59. The van der Waals surface area contributed by atoms with Crippen LogP contribution in [0.5, 0.6) is 11.5 Å². The first-order valence-electron chi connectivity index (χ1n) is 10.8. The molecule has 1 saturated heterocycles. The van der Waals surface area contributed by atoms with Crippen LogP contribution in [-0.4, -0.2) is 80.4 Å². The van der Waals surface area contributed by atoms with E-state index in [4.69, 9.17) is 18.7 Å². The summed E-state index contributed by atoms with van der Waals surface area (Å²) in [6.45, 7) is 3.91. The van der Waals surface area contributed by atoms with E-state index < -0.39 is 0 Å². The van der Waals surface area contributed by atoms with Crippen LogP contribution < -0.4 is 9.47 Å². The topological polar surface area (TPSA) is 94.3 Å². The molecule has 0 radical (unpaired) electrons. The molecule has 1 unspecified atom stereocenters. The van der Waals surface area contributed by atoms with Crippen LogP contribution in [0.3, 0.4) is 0 Å². The zero-order chi connectivity index (χ0) is 23.1. The molecule has 0 bridgehead atoms. The van der Waals surface area contributed by atoms with Gasteiger partial charge in [-0.15, -0.1) is 0 Å². The van der Waals surface area contributed by atoms with Gasteiger partial charge in [-0.25, -0.2) is 0 Å². The van der Waals surface area contributed by atoms with Crippen molar-refractivity contribution < 1.29 is 28.3 Å². The largest absolute Gasteiger partial charge is 0.497 e. The maximum Gasteiger partial charge on any atom is 0.276 e. The minimum absolute atomic E-state index is 0.0143. The number of hydrogen-bond donors (Lipinski definition) is 0. The fourth-order valence-corrected chi connectivity index (χ4v) is 3.58. The second-order valence-electron chi connectivity index (χ2n) is 7.69. The summed E-state index contributed by atoms with van der Waals surface area (Å²) in [6.07, 6.45) is 2.05. The Kier molecular flexibility index (Phi) is 8.10. The molecule has 1 aliphatic heterocycles. The molecule has 0 N–H and O–H groups in total. The molecule has 1 aromatic carbocycles. The highest BCUT2D eigenvalue weighted by atomic mass is 16.5. The lowest BCUT2D eigenvalue weighted by Gasteiger charge is -2.25. The van der Waals surface area contributed by atoms with Crippen molar-refractivity contribution in [2.45, 2.75) is 32.3 Å². The van der Waals surface area contributed by atoms with Crippen LogP contribution in [-0.2, 0) is 9.53 Å². The second kappa shape index (κ2) is 11.0. The minimum atomic E-state index is -0.302. The van der Waals surface area contributed by atoms with Crippen molar-refractivity contribution in [3.63, 3.8) is 0 Å². The van der Waals surface area contributed by atoms with Crippen molar-refractivity contribution >= 4 is 11.8 Å². The van der Waals surface area contributed by atoms with Crippen molar-refractivity contribution in [1.82, 2.24) is 15.0 Å². The highest BCUT2D eigenvalue weighted by Crippen LogP contribution is 2.34. The minimum Gasteiger partial charge on any atom is -0.497 e. The van der Waals surface area contributed by atoms with E-state index in [1.165, 1.54) is 0 Å². The number of methoxy groups -OCH3 is 2. The summed E-state index contributed by atoms with van der Waals surface area (Å²) in [5.74, 6) is 1.28. The van der Waals surface area contributed by atoms with Crippen LogP contribution in [0, 0.1) is 0 Å². The Morgan fingerprint density at radius 2 is 2.03 bits per heavy atom. The number of carbonyl (C=O) groups is 2. The predicted molar refractivity (Wildman–Crippen MR) is 118 cm³/mol. The standard InChI is InChI=1S/C23H31N3O6/c1-5-25(2)22(27)10-11-26(15-17-7-6-12-31-17)23(28)19-14-21(32-24-19)18-13-16(29-3)8-9-20(18)30-4/h8-9,13-14,17H,5-7,10-12,15H2,1-4H3. The highest BCUT2D eigenvalue weighted by molar-refractivity contribution is 5.93. The van der Waals surface area contributed by atoms with Crippen molar-refractivity contribution in [3.05, 3.63) is 30.0 Å². The number of benzene rings is 1. The van der Waals surface area contributed by atoms with E-state index >= 15 is 0 Å². The first kappa shape index (κ1) is 23.6. The Labute approximate surface area is 188 Å². The van der Waals surface area contributed by atoms with E-state index in [9.17, 15) is 9.59 Å². The summed E-state index contributed by atoms with van der Waals surface area (Å²) in [5, 5.41) is 4.00. The van der Waals surface area contributed by atoms with E-state index in [0.717, 1.165) is 12.8 Å². The number of carbonyl (C=O) groups excluding carboxylic acids is 2. The van der Waals surface area contributed by atoms with Crippen molar-refractivity contribution in [2.24, 2.45) is 0 Å². The highest BCUT2D eigenvalue weighted by Gasteiger charge is 2.27. The van der Waals surface area contributed by atoms with Gasteiger partial charge in [-0.1, -0.05) is 5.16 Å². The third-order valence-electron chi connectivity index (χ3n) is 5.63. The molecule has 1 aliphatic rings. The molecule has 2 heterocycles. The molecule has 9 heteroatoms. The first-order valence-corrected chi connectivity index (χ1v) is 10.8. The van der Waals surface area contributed by atoms with Gasteiger partial charge in [-0.3, -0.25) is 9.59 Å². The lowest BCUT2D eigenvalue weighted by Crippen LogP contribution is -2.40. The quantitative estimate of drug-likeness (QED) is 0.555. The molecule has 3 rings (SSSR count). The molecular weight excluding hydrogens is 414 g/mol. The maximum absolute atomic E-state index is 13.3. The van der Waals surface area contributed by atoms with E-state index in [-0.39, 0.29) is 36.6 Å². The summed E-state index contributed by atoms with van der Waals surface area (Å²) in [4.78, 5) is 28.8. The molecule has 2 amide bonds. The monoisotopic (exact) mass is 445 g/mol. The van der Waals surface area contributed by atoms with Crippen LogP contribution in [0.15, 0.2) is 28.8 Å². The molecule has 2 aromatic rings. The van der Waals surface area contributed by atoms with Gasteiger partial charge in [0.15, 0.2) is 11.5 Å². The summed E-state index contributed by atoms with van der Waals surface area (Å²) in [7, 11) is 4.88. The van der Waals surface area contributed by atoms with Gasteiger partial charge in [0.2, 0.25) is 5.91 Å². The molecule has 32 heavy (non-hydrogen) atoms. The Bertz CT molecular complexity index is 922. The number of hydrogen-bond acceptors (Lipinski definition) is 7. The lowest BCUT2D eigenvalue weighted by molar-refractivity contribution is -0.129. The fraction of sp³-hybridized carbons (Fsp3) is 0.522.